The third-order valence-corrected chi connectivity index (χ3v) is 5.67. The van der Waals surface area contributed by atoms with Crippen molar-refractivity contribution in [1.29, 1.82) is 0 Å². The van der Waals surface area contributed by atoms with Crippen molar-refractivity contribution in [3.63, 3.8) is 0 Å². The highest BCUT2D eigenvalue weighted by atomic mass is 16.2. The average Bonchev–Trinajstić information content (AvgIpc) is 2.64. The SMILES string of the molecule is CC1CCN(CC2CCCN(C(=O)NC(C)c3ccccn3)C2)CC1. The monoisotopic (exact) mass is 344 g/mol. The first kappa shape index (κ1) is 18.2. The van der Waals surface area contributed by atoms with E-state index in [2.05, 4.69) is 22.1 Å². The Labute approximate surface area is 151 Å². The van der Waals surface area contributed by atoms with Gasteiger partial charge in [-0.3, -0.25) is 4.98 Å². The summed E-state index contributed by atoms with van der Waals surface area (Å²) in [7, 11) is 0. The summed E-state index contributed by atoms with van der Waals surface area (Å²) in [4.78, 5) is 21.6. The van der Waals surface area contributed by atoms with E-state index in [1.165, 1.54) is 32.4 Å². The molecule has 138 valence electrons. The number of carbonyl (C=O) groups is 1. The summed E-state index contributed by atoms with van der Waals surface area (Å²) >= 11 is 0. The highest BCUT2D eigenvalue weighted by molar-refractivity contribution is 5.74. The summed E-state index contributed by atoms with van der Waals surface area (Å²) < 4.78 is 0. The average molecular weight is 345 g/mol. The molecule has 1 aromatic rings. The maximum absolute atomic E-state index is 12.6. The summed E-state index contributed by atoms with van der Waals surface area (Å²) in [6.45, 7) is 9.69. The molecule has 2 atom stereocenters. The molecular weight excluding hydrogens is 312 g/mol. The Kier molecular flexibility index (Phi) is 6.29. The second-order valence-corrected chi connectivity index (χ2v) is 7.86. The lowest BCUT2D eigenvalue weighted by Crippen LogP contribution is -2.48. The minimum Gasteiger partial charge on any atom is -0.330 e. The van der Waals surface area contributed by atoms with Gasteiger partial charge in [0.2, 0.25) is 0 Å². The molecule has 0 aliphatic carbocycles. The normalized spacial score (nSPS) is 24.1. The molecule has 0 saturated carbocycles. The maximum Gasteiger partial charge on any atom is 0.317 e. The molecular formula is C20H32N4O. The van der Waals surface area contributed by atoms with Gasteiger partial charge in [-0.25, -0.2) is 4.79 Å². The predicted octanol–water partition coefficient (Wildman–Crippen LogP) is 3.30. The van der Waals surface area contributed by atoms with Crippen LogP contribution in [-0.2, 0) is 0 Å². The molecule has 3 heterocycles. The van der Waals surface area contributed by atoms with Crippen molar-refractivity contribution in [3.05, 3.63) is 30.1 Å². The number of pyridine rings is 1. The number of aromatic nitrogens is 1. The summed E-state index contributed by atoms with van der Waals surface area (Å²) in [6.07, 6.45) is 6.76. The van der Waals surface area contributed by atoms with Gasteiger partial charge < -0.3 is 15.1 Å². The zero-order valence-corrected chi connectivity index (χ0v) is 15.7. The standard InChI is InChI=1S/C20H32N4O/c1-16-8-12-23(13-9-16)14-18-6-5-11-24(15-18)20(25)22-17(2)19-7-3-4-10-21-19/h3-4,7,10,16-18H,5-6,8-9,11-15H2,1-2H3,(H,22,25). The highest BCUT2D eigenvalue weighted by Gasteiger charge is 2.27. The lowest BCUT2D eigenvalue weighted by atomic mass is 9.94. The van der Waals surface area contributed by atoms with Crippen LogP contribution < -0.4 is 5.32 Å². The fourth-order valence-corrected chi connectivity index (χ4v) is 3.99. The molecule has 2 fully saturated rings. The minimum atomic E-state index is -0.0577. The smallest absolute Gasteiger partial charge is 0.317 e. The third kappa shape index (κ3) is 5.18. The van der Waals surface area contributed by atoms with Crippen LogP contribution >= 0.6 is 0 Å². The predicted molar refractivity (Wildman–Crippen MR) is 100 cm³/mol. The quantitative estimate of drug-likeness (QED) is 0.912. The minimum absolute atomic E-state index is 0.0510. The number of nitrogens with one attached hydrogen (secondary N) is 1. The fourth-order valence-electron chi connectivity index (χ4n) is 3.99. The number of piperidine rings is 2. The second kappa shape index (κ2) is 8.65. The highest BCUT2D eigenvalue weighted by Crippen LogP contribution is 2.22. The van der Waals surface area contributed by atoms with E-state index < -0.39 is 0 Å². The number of urea groups is 1. The van der Waals surface area contributed by atoms with Crippen LogP contribution in [0.1, 0.15) is 51.3 Å². The van der Waals surface area contributed by atoms with E-state index in [1.807, 2.05) is 30.0 Å². The number of hydrogen-bond donors (Lipinski definition) is 1. The maximum atomic E-state index is 12.6. The van der Waals surface area contributed by atoms with Crippen LogP contribution in [0.15, 0.2) is 24.4 Å². The Hall–Kier alpha value is -1.62. The van der Waals surface area contributed by atoms with Crippen molar-refractivity contribution in [2.24, 2.45) is 11.8 Å². The van der Waals surface area contributed by atoms with Gasteiger partial charge in [-0.05, 0) is 69.7 Å². The Morgan fingerprint density at radius 1 is 1.28 bits per heavy atom. The molecule has 0 spiro atoms. The molecule has 5 nitrogen and oxygen atoms in total. The zero-order chi connectivity index (χ0) is 17.6. The second-order valence-electron chi connectivity index (χ2n) is 7.86. The lowest BCUT2D eigenvalue weighted by molar-refractivity contribution is 0.119. The summed E-state index contributed by atoms with van der Waals surface area (Å²) in [6, 6.07) is 5.81. The van der Waals surface area contributed by atoms with Crippen LogP contribution in [0.25, 0.3) is 0 Å². The van der Waals surface area contributed by atoms with Gasteiger partial charge in [-0.15, -0.1) is 0 Å². The Morgan fingerprint density at radius 3 is 2.80 bits per heavy atom. The van der Waals surface area contributed by atoms with E-state index in [0.29, 0.717) is 5.92 Å². The van der Waals surface area contributed by atoms with E-state index in [4.69, 9.17) is 0 Å². The van der Waals surface area contributed by atoms with Gasteiger partial charge in [0, 0.05) is 25.8 Å². The lowest BCUT2D eigenvalue weighted by Gasteiger charge is -2.38. The molecule has 1 aromatic heterocycles. The van der Waals surface area contributed by atoms with Crippen LogP contribution in [0.2, 0.25) is 0 Å². The van der Waals surface area contributed by atoms with Crippen molar-refractivity contribution in [3.8, 4) is 0 Å². The van der Waals surface area contributed by atoms with Gasteiger partial charge in [0.1, 0.15) is 0 Å². The molecule has 2 unspecified atom stereocenters. The fraction of sp³-hybridized carbons (Fsp3) is 0.700. The zero-order valence-electron chi connectivity index (χ0n) is 15.7. The van der Waals surface area contributed by atoms with Crippen LogP contribution in [0.5, 0.6) is 0 Å². The molecule has 1 N–H and O–H groups in total. The van der Waals surface area contributed by atoms with Crippen molar-refractivity contribution in [2.75, 3.05) is 32.7 Å². The molecule has 3 rings (SSSR count). The molecule has 25 heavy (non-hydrogen) atoms. The number of amides is 2. The van der Waals surface area contributed by atoms with E-state index >= 15 is 0 Å². The van der Waals surface area contributed by atoms with Crippen LogP contribution in [-0.4, -0.2) is 53.5 Å². The van der Waals surface area contributed by atoms with Crippen molar-refractivity contribution < 1.29 is 4.79 Å². The van der Waals surface area contributed by atoms with E-state index in [1.54, 1.807) is 6.20 Å². The molecule has 2 aliphatic heterocycles. The molecule has 0 aromatic carbocycles. The van der Waals surface area contributed by atoms with Crippen molar-refractivity contribution in [2.45, 2.75) is 45.6 Å². The van der Waals surface area contributed by atoms with E-state index in [0.717, 1.165) is 37.7 Å². The number of rotatable bonds is 4. The molecule has 2 amide bonds. The molecule has 0 radical (unpaired) electrons. The largest absolute Gasteiger partial charge is 0.330 e. The summed E-state index contributed by atoms with van der Waals surface area (Å²) in [5.41, 5.74) is 0.909. The Morgan fingerprint density at radius 2 is 2.08 bits per heavy atom. The Balaban J connectivity index is 1.48. The van der Waals surface area contributed by atoms with Gasteiger partial charge >= 0.3 is 6.03 Å². The first-order chi connectivity index (χ1) is 12.1. The van der Waals surface area contributed by atoms with Crippen molar-refractivity contribution in [1.82, 2.24) is 20.1 Å². The summed E-state index contributed by atoms with van der Waals surface area (Å²) in [5, 5.41) is 3.11. The van der Waals surface area contributed by atoms with E-state index in [-0.39, 0.29) is 12.1 Å². The molecule has 5 heteroatoms. The van der Waals surface area contributed by atoms with Gasteiger partial charge in [0.15, 0.2) is 0 Å². The number of hydrogen-bond acceptors (Lipinski definition) is 3. The third-order valence-electron chi connectivity index (χ3n) is 5.67. The number of nitrogens with zero attached hydrogens (tertiary/aromatic N) is 3. The van der Waals surface area contributed by atoms with Gasteiger partial charge in [0.05, 0.1) is 11.7 Å². The van der Waals surface area contributed by atoms with Crippen LogP contribution in [0.3, 0.4) is 0 Å². The molecule has 2 saturated heterocycles. The number of likely N-dealkylation sites (tertiary alicyclic amines) is 2. The molecule has 0 bridgehead atoms. The summed E-state index contributed by atoms with van der Waals surface area (Å²) in [5.74, 6) is 1.48. The Bertz CT molecular complexity index is 542. The van der Waals surface area contributed by atoms with Crippen LogP contribution in [0, 0.1) is 11.8 Å². The van der Waals surface area contributed by atoms with Crippen LogP contribution in [0.4, 0.5) is 4.79 Å². The van der Waals surface area contributed by atoms with E-state index in [9.17, 15) is 4.79 Å². The first-order valence-corrected chi connectivity index (χ1v) is 9.80. The first-order valence-electron chi connectivity index (χ1n) is 9.80. The van der Waals surface area contributed by atoms with Gasteiger partial charge in [0.25, 0.3) is 0 Å². The number of carbonyl (C=O) groups excluding carboxylic acids is 1. The van der Waals surface area contributed by atoms with Gasteiger partial charge in [-0.2, -0.15) is 0 Å². The molecule has 2 aliphatic rings. The van der Waals surface area contributed by atoms with Crippen molar-refractivity contribution >= 4 is 6.03 Å². The topological polar surface area (TPSA) is 48.5 Å². The van der Waals surface area contributed by atoms with Gasteiger partial charge in [-0.1, -0.05) is 13.0 Å².